The van der Waals surface area contributed by atoms with Crippen molar-refractivity contribution in [2.75, 3.05) is 40.9 Å². The number of hydrogen-bond donors (Lipinski definition) is 3. The highest BCUT2D eigenvalue weighted by molar-refractivity contribution is 7.47. The van der Waals surface area contributed by atoms with Gasteiger partial charge in [0.05, 0.1) is 39.9 Å². The lowest BCUT2D eigenvalue weighted by molar-refractivity contribution is -0.870. The van der Waals surface area contributed by atoms with E-state index in [1.165, 1.54) is 218 Å². The van der Waals surface area contributed by atoms with E-state index >= 15 is 0 Å². The quantitative estimate of drug-likeness (QED) is 0.0243. The Morgan fingerprint density at radius 1 is 0.459 bits per heavy atom. The second-order valence-electron chi connectivity index (χ2n) is 22.8. The van der Waals surface area contributed by atoms with Crippen LogP contribution in [-0.4, -0.2) is 73.4 Å². The third-order valence-corrected chi connectivity index (χ3v) is 15.2. The van der Waals surface area contributed by atoms with Gasteiger partial charge in [-0.15, -0.1) is 0 Å². The molecule has 0 aromatic carbocycles. The zero-order valence-electron chi connectivity index (χ0n) is 49.6. The number of quaternary nitrogens is 1. The van der Waals surface area contributed by atoms with Gasteiger partial charge in [0.2, 0.25) is 5.91 Å². The number of rotatable bonds is 58. The minimum absolute atomic E-state index is 0.0526. The van der Waals surface area contributed by atoms with E-state index in [9.17, 15) is 19.4 Å². The number of aliphatic hydroxyl groups is 1. The molecule has 0 heterocycles. The molecule has 8 nitrogen and oxygen atoms in total. The number of nitrogens with zero attached hydrogens (tertiary/aromatic N) is 1. The lowest BCUT2D eigenvalue weighted by Crippen LogP contribution is -2.45. The Bertz CT molecular complexity index is 1390. The van der Waals surface area contributed by atoms with Gasteiger partial charge in [-0.25, -0.2) is 4.57 Å². The van der Waals surface area contributed by atoms with Gasteiger partial charge in [0.25, 0.3) is 0 Å². The van der Waals surface area contributed by atoms with E-state index in [4.69, 9.17) is 9.05 Å². The lowest BCUT2D eigenvalue weighted by atomic mass is 10.0. The van der Waals surface area contributed by atoms with Crippen LogP contribution < -0.4 is 5.32 Å². The number of amides is 1. The summed E-state index contributed by atoms with van der Waals surface area (Å²) in [6.07, 6.45) is 76.6. The molecule has 0 saturated carbocycles. The Morgan fingerprint density at radius 2 is 0.784 bits per heavy atom. The molecule has 0 fully saturated rings. The lowest BCUT2D eigenvalue weighted by Gasteiger charge is -2.25. The molecule has 3 unspecified atom stereocenters. The first kappa shape index (κ1) is 72.2. The first-order chi connectivity index (χ1) is 36.0. The summed E-state index contributed by atoms with van der Waals surface area (Å²) in [6.45, 7) is 4.77. The van der Waals surface area contributed by atoms with E-state index in [1.807, 2.05) is 27.2 Å². The van der Waals surface area contributed by atoms with E-state index in [0.29, 0.717) is 17.4 Å². The Kier molecular flexibility index (Phi) is 54.6. The van der Waals surface area contributed by atoms with Gasteiger partial charge >= 0.3 is 7.82 Å². The molecule has 0 spiro atoms. The Labute approximate surface area is 460 Å². The van der Waals surface area contributed by atoms with Crippen molar-refractivity contribution in [3.63, 3.8) is 0 Å². The van der Waals surface area contributed by atoms with E-state index in [2.05, 4.69) is 67.8 Å². The number of allylic oxidation sites excluding steroid dienone is 9. The Hall–Kier alpha value is -1.80. The Morgan fingerprint density at radius 3 is 1.19 bits per heavy atom. The number of hydrogen-bond acceptors (Lipinski definition) is 5. The third kappa shape index (κ3) is 57.9. The van der Waals surface area contributed by atoms with Crippen molar-refractivity contribution in [3.05, 3.63) is 60.8 Å². The highest BCUT2D eigenvalue weighted by Crippen LogP contribution is 2.43. The molecule has 0 aromatic rings. The smallest absolute Gasteiger partial charge is 0.387 e. The highest BCUT2D eigenvalue weighted by Gasteiger charge is 2.27. The number of phosphoric acid groups is 1. The van der Waals surface area contributed by atoms with Crippen LogP contribution in [0.5, 0.6) is 0 Å². The van der Waals surface area contributed by atoms with Crippen LogP contribution in [0.25, 0.3) is 0 Å². The Balaban J connectivity index is 3.92. The standard InChI is InChI=1S/C65H123N2O6P/c1-6-8-10-12-14-16-18-20-21-22-23-24-25-26-27-28-29-30-31-32-33-34-35-36-37-38-39-40-41-42-43-44-45-47-49-51-53-55-57-59-65(69)66-63(62-73-74(70,71)72-61-60-67(3,4)5)64(68)58-56-54-52-50-48-46-19-17-15-13-11-9-7-2/h15,17,29-30,32-33,48,50,56,58,63-64,68H,6-14,16,18-28,31,34-47,49,51-55,57,59-62H2,1-5H3,(H-,66,69,70,71)/p+1/b17-15+,30-29-,33-32-,50-48+,58-56+. The van der Waals surface area contributed by atoms with Crippen LogP contribution in [0.4, 0.5) is 0 Å². The molecule has 1 amide bonds. The predicted molar refractivity (Wildman–Crippen MR) is 323 cm³/mol. The van der Waals surface area contributed by atoms with Crippen LogP contribution >= 0.6 is 7.82 Å². The van der Waals surface area contributed by atoms with Crippen molar-refractivity contribution < 1.29 is 32.9 Å². The van der Waals surface area contributed by atoms with Crippen molar-refractivity contribution in [1.82, 2.24) is 5.32 Å². The fourth-order valence-corrected chi connectivity index (χ4v) is 9.96. The van der Waals surface area contributed by atoms with Crippen molar-refractivity contribution in [1.29, 1.82) is 0 Å². The molecular formula is C65H124N2O6P+. The molecule has 3 atom stereocenters. The topological polar surface area (TPSA) is 105 Å². The van der Waals surface area contributed by atoms with E-state index in [-0.39, 0.29) is 19.1 Å². The average Bonchev–Trinajstić information content (AvgIpc) is 3.36. The average molecular weight is 1060 g/mol. The molecule has 434 valence electrons. The summed E-state index contributed by atoms with van der Waals surface area (Å²) >= 11 is 0. The number of carbonyl (C=O) groups excluding carboxylic acids is 1. The molecular weight excluding hydrogens is 936 g/mol. The molecule has 3 N–H and O–H groups in total. The van der Waals surface area contributed by atoms with Crippen molar-refractivity contribution >= 4 is 13.7 Å². The predicted octanol–water partition coefficient (Wildman–Crippen LogP) is 19.7. The molecule has 0 rings (SSSR count). The summed E-state index contributed by atoms with van der Waals surface area (Å²) in [5, 5.41) is 13.9. The first-order valence-electron chi connectivity index (χ1n) is 31.7. The van der Waals surface area contributed by atoms with E-state index < -0.39 is 20.0 Å². The molecule has 0 aliphatic rings. The molecule has 0 aliphatic heterocycles. The normalized spacial score (nSPS) is 14.2. The summed E-state index contributed by atoms with van der Waals surface area (Å²) in [6, 6.07) is -0.870. The van der Waals surface area contributed by atoms with Crippen LogP contribution in [0.2, 0.25) is 0 Å². The van der Waals surface area contributed by atoms with Crippen LogP contribution in [0, 0.1) is 0 Å². The van der Waals surface area contributed by atoms with Crippen molar-refractivity contribution in [2.24, 2.45) is 0 Å². The minimum atomic E-state index is -4.36. The second-order valence-corrected chi connectivity index (χ2v) is 24.2. The van der Waals surface area contributed by atoms with Gasteiger partial charge in [0.15, 0.2) is 0 Å². The fourth-order valence-electron chi connectivity index (χ4n) is 9.22. The maximum Gasteiger partial charge on any atom is 0.472 e. The maximum absolute atomic E-state index is 13.0. The summed E-state index contributed by atoms with van der Waals surface area (Å²) in [7, 11) is 1.55. The third-order valence-electron chi connectivity index (χ3n) is 14.2. The van der Waals surface area contributed by atoms with Crippen LogP contribution in [-0.2, 0) is 18.4 Å². The number of aliphatic hydroxyl groups excluding tert-OH is 1. The van der Waals surface area contributed by atoms with Crippen molar-refractivity contribution in [2.45, 2.75) is 309 Å². The molecule has 9 heteroatoms. The second kappa shape index (κ2) is 55.9. The van der Waals surface area contributed by atoms with Gasteiger partial charge in [-0.2, -0.15) is 0 Å². The zero-order valence-corrected chi connectivity index (χ0v) is 50.5. The molecule has 0 radical (unpaired) electrons. The van der Waals surface area contributed by atoms with Crippen LogP contribution in [0.3, 0.4) is 0 Å². The van der Waals surface area contributed by atoms with Gasteiger partial charge < -0.3 is 19.8 Å². The largest absolute Gasteiger partial charge is 0.472 e. The van der Waals surface area contributed by atoms with Gasteiger partial charge in [-0.1, -0.05) is 274 Å². The van der Waals surface area contributed by atoms with E-state index in [1.54, 1.807) is 6.08 Å². The number of unbranched alkanes of at least 4 members (excludes halogenated alkanes) is 37. The maximum atomic E-state index is 13.0. The SMILES string of the molecule is CCCCC/C=C/CC/C=C/CC/C=C/C(O)C(COP(=O)(O)OCC[N+](C)(C)C)NC(=O)CCCCCCCCCCCCCCCCCCC/C=C\C/C=C\CCCCCCCCCCCCCCCCC. The minimum Gasteiger partial charge on any atom is -0.387 e. The number of carbonyl (C=O) groups is 1. The zero-order chi connectivity index (χ0) is 54.2. The molecule has 0 aliphatic carbocycles. The molecule has 74 heavy (non-hydrogen) atoms. The van der Waals surface area contributed by atoms with Gasteiger partial charge in [0.1, 0.15) is 13.2 Å². The molecule has 0 saturated heterocycles. The number of nitrogens with one attached hydrogen (secondary N) is 1. The molecule has 0 bridgehead atoms. The summed E-state index contributed by atoms with van der Waals surface area (Å²) in [5.74, 6) is -0.190. The van der Waals surface area contributed by atoms with Crippen LogP contribution in [0.15, 0.2) is 60.8 Å². The van der Waals surface area contributed by atoms with Gasteiger partial charge in [-0.3, -0.25) is 13.8 Å². The van der Waals surface area contributed by atoms with Crippen molar-refractivity contribution in [3.8, 4) is 0 Å². The number of phosphoric ester groups is 1. The summed E-state index contributed by atoms with van der Waals surface area (Å²) < 4.78 is 23.6. The highest BCUT2D eigenvalue weighted by atomic mass is 31.2. The fraction of sp³-hybridized carbons (Fsp3) is 0.831. The monoisotopic (exact) mass is 1060 g/mol. The van der Waals surface area contributed by atoms with Crippen LogP contribution in [0.1, 0.15) is 296 Å². The number of likely N-dealkylation sites (N-methyl/N-ethyl adjacent to an activating group) is 1. The summed E-state index contributed by atoms with van der Waals surface area (Å²) in [4.78, 5) is 23.3. The van der Waals surface area contributed by atoms with Gasteiger partial charge in [0, 0.05) is 6.42 Å². The summed E-state index contributed by atoms with van der Waals surface area (Å²) in [5.41, 5.74) is 0. The van der Waals surface area contributed by atoms with E-state index in [0.717, 1.165) is 57.8 Å². The first-order valence-corrected chi connectivity index (χ1v) is 33.2. The van der Waals surface area contributed by atoms with Gasteiger partial charge in [-0.05, 0) is 77.0 Å². The molecule has 0 aromatic heterocycles.